The van der Waals surface area contributed by atoms with E-state index in [1.165, 1.54) is 18.2 Å². The Morgan fingerprint density at radius 3 is 3.30 bits per heavy atom. The number of nitrogens with one attached hydrogen (secondary N) is 2. The second-order valence-corrected chi connectivity index (χ2v) is 5.63. The highest BCUT2D eigenvalue weighted by molar-refractivity contribution is 7.99. The Hall–Kier alpha value is -1.12. The summed E-state index contributed by atoms with van der Waals surface area (Å²) < 4.78 is 10.9. The van der Waals surface area contributed by atoms with Gasteiger partial charge in [-0.1, -0.05) is 0 Å². The van der Waals surface area contributed by atoms with Gasteiger partial charge in [0.05, 0.1) is 18.9 Å². The largest absolute Gasteiger partial charge is 0.376 e. The van der Waals surface area contributed by atoms with Crippen LogP contribution < -0.4 is 5.32 Å². The highest BCUT2D eigenvalue weighted by atomic mass is 32.2. The van der Waals surface area contributed by atoms with Crippen LogP contribution in [0.3, 0.4) is 0 Å². The fourth-order valence-corrected chi connectivity index (χ4v) is 2.53. The average Bonchev–Trinajstić information content (AvgIpc) is 2.98. The molecule has 1 aliphatic heterocycles. The van der Waals surface area contributed by atoms with E-state index in [1.54, 1.807) is 6.20 Å². The van der Waals surface area contributed by atoms with Crippen LogP contribution in [0.1, 0.15) is 19.3 Å². The number of aromatic amines is 1. The van der Waals surface area contributed by atoms with Gasteiger partial charge in [-0.25, -0.2) is 0 Å². The van der Waals surface area contributed by atoms with Crippen molar-refractivity contribution in [2.75, 3.05) is 32.1 Å². The van der Waals surface area contributed by atoms with Crippen LogP contribution in [0.5, 0.6) is 0 Å². The van der Waals surface area contributed by atoms with Crippen LogP contribution in [-0.4, -0.2) is 59.5 Å². The molecule has 0 aromatic carbocycles. The minimum absolute atomic E-state index is 0.0918. The highest BCUT2D eigenvalue weighted by Gasteiger charge is 2.14. The van der Waals surface area contributed by atoms with Gasteiger partial charge in [0.2, 0.25) is 5.91 Å². The number of ether oxygens (including phenoxy) is 2. The Balaban J connectivity index is 1.45. The van der Waals surface area contributed by atoms with E-state index < -0.39 is 0 Å². The smallest absolute Gasteiger partial charge is 0.246 e. The molecule has 1 aliphatic rings. The fraction of sp³-hybridized carbons (Fsp3) is 0.750. The summed E-state index contributed by atoms with van der Waals surface area (Å²) in [5.41, 5.74) is 0. The maximum atomic E-state index is 11.5. The van der Waals surface area contributed by atoms with Gasteiger partial charge >= 0.3 is 0 Å². The first-order chi connectivity index (χ1) is 9.84. The number of hydrogen-bond acceptors (Lipinski definition) is 6. The van der Waals surface area contributed by atoms with Crippen LogP contribution in [0, 0.1) is 0 Å². The third kappa shape index (κ3) is 5.89. The number of carbonyl (C=O) groups is 1. The molecule has 1 fully saturated rings. The lowest BCUT2D eigenvalue weighted by Gasteiger charge is -2.22. The van der Waals surface area contributed by atoms with Crippen molar-refractivity contribution in [3.8, 4) is 0 Å². The molecule has 1 atom stereocenters. The van der Waals surface area contributed by atoms with E-state index in [9.17, 15) is 4.79 Å². The topological polar surface area (TPSA) is 89.1 Å². The molecular formula is C12H20N4O3S. The van der Waals surface area contributed by atoms with E-state index >= 15 is 0 Å². The van der Waals surface area contributed by atoms with Crippen LogP contribution in [0.25, 0.3) is 0 Å². The molecule has 2 heterocycles. The van der Waals surface area contributed by atoms with Crippen molar-refractivity contribution in [3.05, 3.63) is 6.20 Å². The molecule has 7 nitrogen and oxygen atoms in total. The standard InChI is InChI=1S/C12H20N4O3S/c17-11(9-18-8-10-3-1-2-5-19-10)13-4-6-20-12-7-14-16-15-12/h7,10H,1-6,8-9H2,(H,13,17)(H,14,15,16)/t10-/m1/s1. The highest BCUT2D eigenvalue weighted by Crippen LogP contribution is 2.12. The molecule has 1 saturated heterocycles. The predicted octanol–water partition coefficient (Wildman–Crippen LogP) is 0.599. The molecule has 1 amide bonds. The number of thioether (sulfide) groups is 1. The Bertz CT molecular complexity index is 382. The van der Waals surface area contributed by atoms with Gasteiger partial charge in [0, 0.05) is 18.9 Å². The molecule has 1 aromatic rings. The van der Waals surface area contributed by atoms with Crippen LogP contribution in [0.4, 0.5) is 0 Å². The van der Waals surface area contributed by atoms with E-state index in [4.69, 9.17) is 9.47 Å². The van der Waals surface area contributed by atoms with Gasteiger partial charge in [-0.15, -0.1) is 16.9 Å². The predicted molar refractivity (Wildman–Crippen MR) is 74.5 cm³/mol. The number of amides is 1. The van der Waals surface area contributed by atoms with Crippen molar-refractivity contribution in [1.29, 1.82) is 0 Å². The summed E-state index contributed by atoms with van der Waals surface area (Å²) in [6.07, 6.45) is 5.13. The molecule has 0 radical (unpaired) electrons. The maximum absolute atomic E-state index is 11.5. The monoisotopic (exact) mass is 300 g/mol. The first-order valence-corrected chi connectivity index (χ1v) is 7.78. The first kappa shape index (κ1) is 15.3. The molecule has 112 valence electrons. The molecule has 2 N–H and O–H groups in total. The summed E-state index contributed by atoms with van der Waals surface area (Å²) in [4.78, 5) is 11.5. The van der Waals surface area contributed by atoms with E-state index in [2.05, 4.69) is 20.7 Å². The Labute approximate surface area is 122 Å². The van der Waals surface area contributed by atoms with Gasteiger partial charge in [0.15, 0.2) is 0 Å². The minimum atomic E-state index is -0.0958. The third-order valence-electron chi connectivity index (χ3n) is 2.88. The molecule has 0 saturated carbocycles. The Morgan fingerprint density at radius 2 is 2.55 bits per heavy atom. The number of H-pyrrole nitrogens is 1. The van der Waals surface area contributed by atoms with Crippen LogP contribution in [0.2, 0.25) is 0 Å². The first-order valence-electron chi connectivity index (χ1n) is 6.79. The molecule has 8 heteroatoms. The van der Waals surface area contributed by atoms with Crippen LogP contribution >= 0.6 is 11.8 Å². The van der Waals surface area contributed by atoms with E-state index in [0.717, 1.165) is 30.2 Å². The van der Waals surface area contributed by atoms with Crippen molar-refractivity contribution < 1.29 is 14.3 Å². The summed E-state index contributed by atoms with van der Waals surface area (Å²) in [6, 6.07) is 0. The lowest BCUT2D eigenvalue weighted by molar-refractivity contribution is -0.127. The van der Waals surface area contributed by atoms with Crippen molar-refractivity contribution in [3.63, 3.8) is 0 Å². The van der Waals surface area contributed by atoms with Crippen LogP contribution in [0.15, 0.2) is 11.2 Å². The molecule has 0 unspecified atom stereocenters. The number of aromatic nitrogens is 3. The third-order valence-corrected chi connectivity index (χ3v) is 3.78. The van der Waals surface area contributed by atoms with E-state index in [-0.39, 0.29) is 18.6 Å². The van der Waals surface area contributed by atoms with E-state index in [0.29, 0.717) is 13.2 Å². The molecule has 0 spiro atoms. The summed E-state index contributed by atoms with van der Waals surface area (Å²) >= 11 is 1.54. The van der Waals surface area contributed by atoms with Gasteiger partial charge in [-0.3, -0.25) is 4.79 Å². The zero-order chi connectivity index (χ0) is 14.0. The normalized spacial score (nSPS) is 18.9. The van der Waals surface area contributed by atoms with Crippen molar-refractivity contribution in [2.45, 2.75) is 30.4 Å². The summed E-state index contributed by atoms with van der Waals surface area (Å²) in [5, 5.41) is 13.8. The lowest BCUT2D eigenvalue weighted by atomic mass is 10.1. The van der Waals surface area contributed by atoms with Crippen LogP contribution in [-0.2, 0) is 14.3 Å². The molecular weight excluding hydrogens is 280 g/mol. The number of nitrogens with zero attached hydrogens (tertiary/aromatic N) is 2. The van der Waals surface area contributed by atoms with Crippen molar-refractivity contribution >= 4 is 17.7 Å². The second-order valence-electron chi connectivity index (χ2n) is 4.51. The molecule has 20 heavy (non-hydrogen) atoms. The van der Waals surface area contributed by atoms with E-state index in [1.807, 2.05) is 0 Å². The van der Waals surface area contributed by atoms with Crippen molar-refractivity contribution in [1.82, 2.24) is 20.7 Å². The Kier molecular flexibility index (Phi) is 6.82. The quantitative estimate of drug-likeness (QED) is 0.540. The number of carbonyl (C=O) groups excluding carboxylic acids is 1. The average molecular weight is 300 g/mol. The lowest BCUT2D eigenvalue weighted by Crippen LogP contribution is -2.32. The zero-order valence-electron chi connectivity index (χ0n) is 11.3. The van der Waals surface area contributed by atoms with Gasteiger partial charge < -0.3 is 14.8 Å². The Morgan fingerprint density at radius 1 is 1.60 bits per heavy atom. The second kappa shape index (κ2) is 8.93. The molecule has 1 aromatic heterocycles. The molecule has 0 aliphatic carbocycles. The minimum Gasteiger partial charge on any atom is -0.376 e. The SMILES string of the molecule is O=C(COC[C@H]1CCCCO1)NCCSc1cn[nH]n1. The van der Waals surface area contributed by atoms with Gasteiger partial charge in [-0.2, -0.15) is 10.3 Å². The number of rotatable bonds is 8. The maximum Gasteiger partial charge on any atom is 0.246 e. The summed E-state index contributed by atoms with van der Waals surface area (Å²) in [6.45, 7) is 1.98. The summed E-state index contributed by atoms with van der Waals surface area (Å²) in [5.74, 6) is 0.658. The molecule has 2 rings (SSSR count). The number of hydrogen-bond donors (Lipinski definition) is 2. The fourth-order valence-electron chi connectivity index (χ4n) is 1.88. The van der Waals surface area contributed by atoms with Crippen molar-refractivity contribution in [2.24, 2.45) is 0 Å². The van der Waals surface area contributed by atoms with Gasteiger partial charge in [0.25, 0.3) is 0 Å². The summed E-state index contributed by atoms with van der Waals surface area (Å²) in [7, 11) is 0. The van der Waals surface area contributed by atoms with Gasteiger partial charge in [0.1, 0.15) is 11.6 Å². The van der Waals surface area contributed by atoms with Gasteiger partial charge in [-0.05, 0) is 19.3 Å². The molecule has 0 bridgehead atoms. The zero-order valence-corrected chi connectivity index (χ0v) is 12.2.